The molecule has 4 heteroatoms. The minimum Gasteiger partial charge on any atom is -0.369 e. The zero-order valence-electron chi connectivity index (χ0n) is 11.1. The zero-order chi connectivity index (χ0) is 12.8. The number of fused-ring (bicyclic) bond motifs is 1. The van der Waals surface area contributed by atoms with Gasteiger partial charge in [-0.2, -0.15) is 0 Å². The molecule has 0 unspecified atom stereocenters. The van der Waals surface area contributed by atoms with Gasteiger partial charge in [-0.05, 0) is 19.4 Å². The van der Waals surface area contributed by atoms with Crippen molar-refractivity contribution in [3.8, 4) is 0 Å². The average Bonchev–Trinajstić information content (AvgIpc) is 2.38. The number of unbranched alkanes of at least 4 members (excludes halogenated alkanes) is 3. The Morgan fingerprint density at radius 3 is 2.89 bits per heavy atom. The van der Waals surface area contributed by atoms with Gasteiger partial charge in [0.2, 0.25) is 0 Å². The third-order valence-electron chi connectivity index (χ3n) is 2.93. The molecule has 0 saturated heterocycles. The van der Waals surface area contributed by atoms with Crippen LogP contribution in [-0.4, -0.2) is 21.5 Å². The molecule has 2 heterocycles. The predicted octanol–water partition coefficient (Wildman–Crippen LogP) is 3.33. The Morgan fingerprint density at radius 2 is 2.06 bits per heavy atom. The highest BCUT2D eigenvalue weighted by Crippen LogP contribution is 2.18. The second-order valence-electron chi connectivity index (χ2n) is 4.50. The maximum absolute atomic E-state index is 4.47. The number of nitrogens with one attached hydrogen (secondary N) is 1. The summed E-state index contributed by atoms with van der Waals surface area (Å²) in [5.41, 5.74) is 0.904. The van der Waals surface area contributed by atoms with E-state index in [-0.39, 0.29) is 0 Å². The summed E-state index contributed by atoms with van der Waals surface area (Å²) in [6.45, 7) is 5.10. The SMILES string of the molecule is CCCCCCNc1nc(C)nc2cnccc12. The van der Waals surface area contributed by atoms with Gasteiger partial charge in [-0.15, -0.1) is 0 Å². The van der Waals surface area contributed by atoms with E-state index in [1.54, 1.807) is 12.4 Å². The van der Waals surface area contributed by atoms with Gasteiger partial charge in [-0.3, -0.25) is 4.98 Å². The number of hydrogen-bond acceptors (Lipinski definition) is 4. The van der Waals surface area contributed by atoms with Gasteiger partial charge in [-0.25, -0.2) is 9.97 Å². The second kappa shape index (κ2) is 6.28. The molecule has 0 saturated carbocycles. The van der Waals surface area contributed by atoms with Gasteiger partial charge in [0.15, 0.2) is 0 Å². The Kier molecular flexibility index (Phi) is 4.45. The zero-order valence-corrected chi connectivity index (χ0v) is 11.1. The van der Waals surface area contributed by atoms with Crippen LogP contribution in [0.5, 0.6) is 0 Å². The molecular weight excluding hydrogens is 224 g/mol. The molecule has 0 bridgehead atoms. The second-order valence-corrected chi connectivity index (χ2v) is 4.50. The fraction of sp³-hybridized carbons (Fsp3) is 0.500. The lowest BCUT2D eigenvalue weighted by atomic mass is 10.2. The van der Waals surface area contributed by atoms with E-state index in [2.05, 4.69) is 27.2 Å². The third-order valence-corrected chi connectivity index (χ3v) is 2.93. The van der Waals surface area contributed by atoms with E-state index in [0.29, 0.717) is 0 Å². The van der Waals surface area contributed by atoms with Crippen LogP contribution in [0, 0.1) is 6.92 Å². The van der Waals surface area contributed by atoms with Crippen molar-refractivity contribution in [2.75, 3.05) is 11.9 Å². The number of anilines is 1. The molecule has 0 fully saturated rings. The van der Waals surface area contributed by atoms with E-state index in [1.165, 1.54) is 25.7 Å². The summed E-state index contributed by atoms with van der Waals surface area (Å²) in [5, 5.41) is 4.46. The Bertz CT molecular complexity index is 510. The van der Waals surface area contributed by atoms with Crippen LogP contribution < -0.4 is 5.32 Å². The van der Waals surface area contributed by atoms with Crippen molar-refractivity contribution in [3.05, 3.63) is 24.3 Å². The van der Waals surface area contributed by atoms with Crippen molar-refractivity contribution >= 4 is 16.7 Å². The van der Waals surface area contributed by atoms with Gasteiger partial charge >= 0.3 is 0 Å². The van der Waals surface area contributed by atoms with Gasteiger partial charge in [0, 0.05) is 18.1 Å². The summed E-state index contributed by atoms with van der Waals surface area (Å²) in [7, 11) is 0. The fourth-order valence-corrected chi connectivity index (χ4v) is 1.99. The highest BCUT2D eigenvalue weighted by atomic mass is 15.0. The Labute approximate surface area is 108 Å². The highest BCUT2D eigenvalue weighted by Gasteiger charge is 2.04. The molecule has 96 valence electrons. The first-order chi connectivity index (χ1) is 8.81. The van der Waals surface area contributed by atoms with Crippen molar-refractivity contribution in [1.29, 1.82) is 0 Å². The van der Waals surface area contributed by atoms with Crippen molar-refractivity contribution in [2.24, 2.45) is 0 Å². The van der Waals surface area contributed by atoms with Crippen LogP contribution in [0.25, 0.3) is 10.9 Å². The molecule has 0 aliphatic carbocycles. The number of aromatic nitrogens is 3. The van der Waals surface area contributed by atoms with E-state index in [0.717, 1.165) is 29.1 Å². The molecule has 4 nitrogen and oxygen atoms in total. The van der Waals surface area contributed by atoms with Gasteiger partial charge < -0.3 is 5.32 Å². The standard InChI is InChI=1S/C14H20N4/c1-3-4-5-6-8-16-14-12-7-9-15-10-13(12)17-11(2)18-14/h7,9-10H,3-6,8H2,1-2H3,(H,16,17,18). The summed E-state index contributed by atoms with van der Waals surface area (Å²) in [4.78, 5) is 12.9. The van der Waals surface area contributed by atoms with Gasteiger partial charge in [0.05, 0.1) is 11.7 Å². The molecule has 0 amide bonds. The maximum Gasteiger partial charge on any atom is 0.137 e. The van der Waals surface area contributed by atoms with Crippen LogP contribution in [-0.2, 0) is 0 Å². The normalized spacial score (nSPS) is 10.8. The van der Waals surface area contributed by atoms with E-state index < -0.39 is 0 Å². The van der Waals surface area contributed by atoms with Crippen molar-refractivity contribution in [1.82, 2.24) is 15.0 Å². The van der Waals surface area contributed by atoms with Crippen LogP contribution in [0.1, 0.15) is 38.4 Å². The quantitative estimate of drug-likeness (QED) is 0.792. The molecule has 2 aromatic heterocycles. The first-order valence-corrected chi connectivity index (χ1v) is 6.63. The average molecular weight is 244 g/mol. The maximum atomic E-state index is 4.47. The Morgan fingerprint density at radius 1 is 1.17 bits per heavy atom. The highest BCUT2D eigenvalue weighted by molar-refractivity contribution is 5.88. The minimum absolute atomic E-state index is 0.784. The topological polar surface area (TPSA) is 50.7 Å². The van der Waals surface area contributed by atoms with Gasteiger partial charge in [-0.1, -0.05) is 26.2 Å². The third kappa shape index (κ3) is 3.15. The van der Waals surface area contributed by atoms with Crippen molar-refractivity contribution in [3.63, 3.8) is 0 Å². The summed E-state index contributed by atoms with van der Waals surface area (Å²) in [6.07, 6.45) is 8.59. The van der Waals surface area contributed by atoms with Crippen LogP contribution in [0.15, 0.2) is 18.5 Å². The monoisotopic (exact) mass is 244 g/mol. The smallest absolute Gasteiger partial charge is 0.137 e. The number of rotatable bonds is 6. The predicted molar refractivity (Wildman–Crippen MR) is 74.7 cm³/mol. The molecule has 0 aliphatic rings. The van der Waals surface area contributed by atoms with E-state index in [1.807, 2.05) is 13.0 Å². The fourth-order valence-electron chi connectivity index (χ4n) is 1.99. The lowest BCUT2D eigenvalue weighted by molar-refractivity contribution is 0.684. The molecule has 2 aromatic rings. The summed E-state index contributed by atoms with van der Waals surface area (Å²) in [5.74, 6) is 1.71. The Hall–Kier alpha value is -1.71. The van der Waals surface area contributed by atoms with E-state index in [9.17, 15) is 0 Å². The molecule has 18 heavy (non-hydrogen) atoms. The van der Waals surface area contributed by atoms with Crippen molar-refractivity contribution < 1.29 is 0 Å². The van der Waals surface area contributed by atoms with E-state index in [4.69, 9.17) is 0 Å². The lowest BCUT2D eigenvalue weighted by Crippen LogP contribution is -2.05. The Balaban J connectivity index is 2.07. The molecule has 1 N–H and O–H groups in total. The van der Waals surface area contributed by atoms with E-state index >= 15 is 0 Å². The van der Waals surface area contributed by atoms with Crippen LogP contribution in [0.3, 0.4) is 0 Å². The molecule has 0 atom stereocenters. The summed E-state index contributed by atoms with van der Waals surface area (Å²) in [6, 6.07) is 1.96. The molecule has 0 aromatic carbocycles. The van der Waals surface area contributed by atoms with Crippen LogP contribution in [0.4, 0.5) is 5.82 Å². The number of nitrogens with zero attached hydrogens (tertiary/aromatic N) is 3. The summed E-state index contributed by atoms with van der Waals surface area (Å²) >= 11 is 0. The van der Waals surface area contributed by atoms with Crippen LogP contribution in [0.2, 0.25) is 0 Å². The first-order valence-electron chi connectivity index (χ1n) is 6.63. The first kappa shape index (κ1) is 12.7. The van der Waals surface area contributed by atoms with Gasteiger partial charge in [0.25, 0.3) is 0 Å². The number of hydrogen-bond donors (Lipinski definition) is 1. The van der Waals surface area contributed by atoms with Crippen molar-refractivity contribution in [2.45, 2.75) is 39.5 Å². The lowest BCUT2D eigenvalue weighted by Gasteiger charge is -2.09. The number of pyridine rings is 1. The molecule has 2 rings (SSSR count). The summed E-state index contributed by atoms with van der Waals surface area (Å²) < 4.78 is 0. The molecule has 0 radical (unpaired) electrons. The van der Waals surface area contributed by atoms with Gasteiger partial charge in [0.1, 0.15) is 11.6 Å². The molecule has 0 spiro atoms. The number of aryl methyl sites for hydroxylation is 1. The minimum atomic E-state index is 0.784. The largest absolute Gasteiger partial charge is 0.369 e. The molecule has 0 aliphatic heterocycles. The van der Waals surface area contributed by atoms with Crippen LogP contribution >= 0.6 is 0 Å². The molecular formula is C14H20N4.